The van der Waals surface area contributed by atoms with E-state index in [4.69, 9.17) is 35.3 Å². The number of carbonyl (C=O) groups is 1. The second-order valence-electron chi connectivity index (χ2n) is 10.5. The number of phenols is 1. The van der Waals surface area contributed by atoms with Crippen LogP contribution in [-0.2, 0) is 29.3 Å². The average molecular weight is 991 g/mol. The molecule has 0 aliphatic heterocycles. The van der Waals surface area contributed by atoms with E-state index in [2.05, 4.69) is 93.3 Å². The number of methoxy groups -OCH3 is 1. The van der Waals surface area contributed by atoms with Crippen molar-refractivity contribution >= 4 is 89.6 Å². The Hall–Kier alpha value is -1.64. The van der Waals surface area contributed by atoms with E-state index >= 15 is 0 Å². The smallest absolute Gasteiger partial charge is 1.00 e. The zero-order valence-electron chi connectivity index (χ0n) is 32.7. The third-order valence-corrected chi connectivity index (χ3v) is 7.54. The molecule has 0 aliphatic rings. The third kappa shape index (κ3) is 15.9. The molecule has 278 valence electrons. The Balaban J connectivity index is 0. The number of aromatic hydroxyl groups is 1. The van der Waals surface area contributed by atoms with Gasteiger partial charge in [-0.15, -0.1) is 47.3 Å². The van der Waals surface area contributed by atoms with Crippen molar-refractivity contribution in [3.05, 3.63) is 89.9 Å². The Kier molecular flexibility index (Phi) is 27.9. The molecular formula is C37H38BBr3K2N6O6. The summed E-state index contributed by atoms with van der Waals surface area (Å²) in [6, 6.07) is 23.2. The largest absolute Gasteiger partial charge is 1.00 e. The van der Waals surface area contributed by atoms with Gasteiger partial charge in [-0.3, -0.25) is 4.79 Å². The van der Waals surface area contributed by atoms with Crippen molar-refractivity contribution in [1.82, 2.24) is 13.7 Å². The maximum absolute atomic E-state index is 9.34. The zero-order chi connectivity index (χ0) is 39.5. The molecule has 0 fully saturated rings. The Morgan fingerprint density at radius 3 is 1.40 bits per heavy atom. The maximum Gasteiger partial charge on any atom is 1.00 e. The van der Waals surface area contributed by atoms with Gasteiger partial charge in [0.15, 0.2) is 0 Å². The van der Waals surface area contributed by atoms with E-state index in [1.54, 1.807) is 25.3 Å². The fourth-order valence-corrected chi connectivity index (χ4v) is 5.26. The number of ether oxygens (including phenoxy) is 2. The quantitative estimate of drug-likeness (QED) is 0.109. The maximum atomic E-state index is 9.34. The third-order valence-electron chi connectivity index (χ3n) is 7.54. The van der Waals surface area contributed by atoms with Gasteiger partial charge >= 0.3 is 106 Å². The minimum absolute atomic E-state index is 0. The molecule has 0 unspecified atom stereocenters. The summed E-state index contributed by atoms with van der Waals surface area (Å²) in [5.74, 6) is 1.90. The Morgan fingerprint density at radius 1 is 0.727 bits per heavy atom. The van der Waals surface area contributed by atoms with E-state index in [0.717, 1.165) is 75.0 Å². The van der Waals surface area contributed by atoms with Gasteiger partial charge < -0.3 is 39.9 Å². The molecule has 0 saturated carbocycles. The van der Waals surface area contributed by atoms with Crippen LogP contribution in [0.3, 0.4) is 0 Å². The van der Waals surface area contributed by atoms with E-state index in [0.29, 0.717) is 12.2 Å². The molecule has 6 aromatic rings. The monoisotopic (exact) mass is 988 g/mol. The Morgan fingerprint density at radius 2 is 1.07 bits per heavy atom. The van der Waals surface area contributed by atoms with Crippen LogP contribution in [0.4, 0.5) is 0 Å². The number of phenolic OH excluding ortho intramolecular Hbond substituents is 1. The molecule has 55 heavy (non-hydrogen) atoms. The first-order chi connectivity index (χ1) is 25.5. The molecule has 1 N–H and O–H groups in total. The first-order valence-electron chi connectivity index (χ1n) is 16.1. The summed E-state index contributed by atoms with van der Waals surface area (Å²) >= 11 is 9.31. The minimum atomic E-state index is -0.181. The molecule has 3 aromatic heterocycles. The molecule has 0 radical (unpaired) electrons. The molecule has 3 heterocycles. The standard InChI is InChI=1S/C13H14N2O.C12H12N2O.C11H10N2O.CH2O3.BBr3.2K.H/c1-3-15-9-10(8-14)12-6-5-11(16-4-2)7-13(12)15;1-3-14-8-9(7-13)11-5-4-10(15-2)6-12(11)14;1-2-13-7-8(6-12)10-4-3-9(14)5-11(10)13;2-1-4-3;2-1(3)4;;;/h5-7,9H,3-4H2,1-2H3;4-6,8H,3H2,1-2H3;3-5,7,14H,2H2,1H3;1,3H;;;;/q;;;;;2*+1;-1/p-1. The van der Waals surface area contributed by atoms with Gasteiger partial charge in [-0.05, 0) is 64.1 Å². The number of carbonyl (C=O) groups excluding carboxylic acids is 1. The van der Waals surface area contributed by atoms with Crippen molar-refractivity contribution in [2.75, 3.05) is 13.7 Å². The topological polar surface area (TPSA) is 174 Å². The summed E-state index contributed by atoms with van der Waals surface area (Å²) in [5, 5.41) is 47.5. The van der Waals surface area contributed by atoms with Crippen LogP contribution in [0.5, 0.6) is 17.2 Å². The van der Waals surface area contributed by atoms with Crippen LogP contribution in [0.2, 0.25) is 0 Å². The van der Waals surface area contributed by atoms with Gasteiger partial charge in [0.25, 0.3) is 6.47 Å². The Labute approximate surface area is 432 Å². The van der Waals surface area contributed by atoms with Crippen molar-refractivity contribution in [3.8, 4) is 35.5 Å². The molecule has 12 nitrogen and oxygen atoms in total. The van der Waals surface area contributed by atoms with E-state index in [-0.39, 0.29) is 120 Å². The van der Waals surface area contributed by atoms with E-state index < -0.39 is 0 Å². The second-order valence-corrected chi connectivity index (χ2v) is 16.9. The van der Waals surface area contributed by atoms with Crippen molar-refractivity contribution < 1.29 is 134 Å². The summed E-state index contributed by atoms with van der Waals surface area (Å²) in [6.45, 7) is 11.1. The first-order valence-corrected chi connectivity index (χ1v) is 18.8. The molecule has 0 aliphatic carbocycles. The van der Waals surface area contributed by atoms with Gasteiger partial charge in [-0.25, -0.2) is 0 Å². The number of aromatic nitrogens is 3. The fourth-order valence-electron chi connectivity index (χ4n) is 5.26. The van der Waals surface area contributed by atoms with Crippen LogP contribution in [0.1, 0.15) is 45.8 Å². The van der Waals surface area contributed by atoms with Crippen LogP contribution in [0.15, 0.2) is 73.2 Å². The number of hydrogen-bond donors (Lipinski definition) is 1. The molecule has 0 spiro atoms. The van der Waals surface area contributed by atoms with E-state index in [9.17, 15) is 5.11 Å². The van der Waals surface area contributed by atoms with Gasteiger partial charge in [0.2, 0.25) is 0 Å². The van der Waals surface area contributed by atoms with Crippen molar-refractivity contribution in [1.29, 1.82) is 15.8 Å². The van der Waals surface area contributed by atoms with Gasteiger partial charge in [0.1, 0.15) is 35.5 Å². The van der Waals surface area contributed by atoms with Crippen LogP contribution < -0.4 is 118 Å². The first kappa shape index (κ1) is 53.4. The molecular weight excluding hydrogens is 953 g/mol. The SMILES string of the molecule is BrB(Br)Br.CCOc1ccc2c(C#N)cn(CC)c2c1.CCn1cc(C#N)c2ccc(O)cc21.CCn1cc(C#N)c2ccc(OC)cc21.O=CO[O-].[H-].[K+].[K+]. The minimum Gasteiger partial charge on any atom is -1.00 e. The second kappa shape index (κ2) is 28.7. The van der Waals surface area contributed by atoms with E-state index in [1.165, 1.54) is 0 Å². The molecule has 3 aromatic carbocycles. The van der Waals surface area contributed by atoms with Gasteiger partial charge in [0, 0.05) is 72.6 Å². The molecule has 0 saturated heterocycles. The predicted octanol–water partition coefficient (Wildman–Crippen LogP) is 2.42. The van der Waals surface area contributed by atoms with Crippen LogP contribution in [-0.4, -0.2) is 42.2 Å². The number of hydrogen-bond acceptors (Lipinski definition) is 9. The number of benzene rings is 3. The number of fused-ring (bicyclic) bond motifs is 3. The molecule has 0 atom stereocenters. The summed E-state index contributed by atoms with van der Waals surface area (Å²) in [6.07, 6.45) is 5.58. The van der Waals surface area contributed by atoms with Gasteiger partial charge in [0.05, 0.1) is 47.0 Å². The fraction of sp³-hybridized carbons (Fsp3) is 0.243. The average Bonchev–Trinajstić information content (AvgIpc) is 3.84. The number of aryl methyl sites for hydroxylation is 3. The van der Waals surface area contributed by atoms with Crippen molar-refractivity contribution in [3.63, 3.8) is 0 Å². The number of nitriles is 3. The van der Waals surface area contributed by atoms with E-state index in [1.807, 2.05) is 73.4 Å². The zero-order valence-corrected chi connectivity index (χ0v) is 42.7. The van der Waals surface area contributed by atoms with Gasteiger partial charge in [-0.2, -0.15) is 15.8 Å². The number of halogens is 3. The summed E-state index contributed by atoms with van der Waals surface area (Å²) in [4.78, 5) is 11.2. The van der Waals surface area contributed by atoms with Crippen LogP contribution in [0, 0.1) is 34.0 Å². The molecule has 0 amide bonds. The van der Waals surface area contributed by atoms with Crippen LogP contribution in [0.25, 0.3) is 32.7 Å². The molecule has 6 rings (SSSR count). The van der Waals surface area contributed by atoms with Gasteiger partial charge in [-0.1, -0.05) is 0 Å². The normalized spacial score (nSPS) is 9.27. The van der Waals surface area contributed by atoms with Crippen LogP contribution >= 0.6 is 47.3 Å². The summed E-state index contributed by atoms with van der Waals surface area (Å²) < 4.78 is 17.0. The molecule has 0 bridgehead atoms. The number of rotatable bonds is 7. The van der Waals surface area contributed by atoms with Crippen molar-refractivity contribution in [2.45, 2.75) is 47.3 Å². The predicted molar refractivity (Wildman–Crippen MR) is 217 cm³/mol. The molecule has 18 heteroatoms. The Bertz CT molecular complexity index is 2250. The van der Waals surface area contributed by atoms with Crippen molar-refractivity contribution in [2.24, 2.45) is 0 Å². The number of nitrogens with zero attached hydrogens (tertiary/aromatic N) is 6. The summed E-state index contributed by atoms with van der Waals surface area (Å²) in [5.41, 5.74) is 5.11. The summed E-state index contributed by atoms with van der Waals surface area (Å²) in [7, 11) is 1.64.